The van der Waals surface area contributed by atoms with Crippen LogP contribution in [0.4, 0.5) is 0 Å². The summed E-state index contributed by atoms with van der Waals surface area (Å²) in [5.74, 6) is 0. The number of rotatable bonds is 9. The van der Waals surface area contributed by atoms with Crippen LogP contribution in [0.25, 0.3) is 0 Å². The monoisotopic (exact) mass is 252 g/mol. The van der Waals surface area contributed by atoms with Gasteiger partial charge in [0.05, 0.1) is 19.4 Å². The molecule has 0 amide bonds. The summed E-state index contributed by atoms with van der Waals surface area (Å²) in [6, 6.07) is 0.138. The molecule has 102 valence electrons. The first-order valence-corrected chi connectivity index (χ1v) is 6.35. The molecule has 1 unspecified atom stereocenters. The van der Waals surface area contributed by atoms with Gasteiger partial charge in [0.2, 0.25) is 0 Å². The number of aryl methyl sites for hydroxylation is 1. The average Bonchev–Trinajstić information content (AvgIpc) is 2.82. The van der Waals surface area contributed by atoms with Gasteiger partial charge < -0.3 is 15.8 Å². The molecule has 0 saturated heterocycles. The van der Waals surface area contributed by atoms with Gasteiger partial charge in [-0.25, -0.2) is 0 Å². The maximum Gasteiger partial charge on any atom is 0.0672 e. The molecule has 0 radical (unpaired) electrons. The van der Waals surface area contributed by atoms with Crippen LogP contribution in [0.1, 0.15) is 25.5 Å². The van der Waals surface area contributed by atoms with Gasteiger partial charge in [0.25, 0.3) is 0 Å². The quantitative estimate of drug-likeness (QED) is 0.510. The Morgan fingerprint density at radius 3 is 3.00 bits per heavy atom. The summed E-state index contributed by atoms with van der Waals surface area (Å²) in [7, 11) is 0. The SMILES string of the molecule is C=C(C)COCCNC(CN)c1cnn(CC)c1. The van der Waals surface area contributed by atoms with Crippen molar-refractivity contribution in [1.82, 2.24) is 15.1 Å². The van der Waals surface area contributed by atoms with Crippen LogP contribution in [0.15, 0.2) is 24.5 Å². The highest BCUT2D eigenvalue weighted by Gasteiger charge is 2.10. The normalized spacial score (nSPS) is 12.6. The summed E-state index contributed by atoms with van der Waals surface area (Å²) in [6.07, 6.45) is 3.89. The van der Waals surface area contributed by atoms with Crippen LogP contribution in [0, 0.1) is 0 Å². The van der Waals surface area contributed by atoms with E-state index in [4.69, 9.17) is 10.5 Å². The van der Waals surface area contributed by atoms with E-state index in [-0.39, 0.29) is 6.04 Å². The van der Waals surface area contributed by atoms with Crippen molar-refractivity contribution in [3.05, 3.63) is 30.1 Å². The number of hydrogen-bond acceptors (Lipinski definition) is 4. The van der Waals surface area contributed by atoms with E-state index in [0.29, 0.717) is 19.8 Å². The molecule has 1 aromatic heterocycles. The van der Waals surface area contributed by atoms with Crippen LogP contribution in [-0.4, -0.2) is 36.1 Å². The van der Waals surface area contributed by atoms with Crippen molar-refractivity contribution >= 4 is 0 Å². The zero-order valence-electron chi connectivity index (χ0n) is 11.4. The van der Waals surface area contributed by atoms with Gasteiger partial charge >= 0.3 is 0 Å². The van der Waals surface area contributed by atoms with E-state index < -0.39 is 0 Å². The predicted octanol–water partition coefficient (Wildman–Crippen LogP) is 1.09. The second-order valence-electron chi connectivity index (χ2n) is 4.38. The van der Waals surface area contributed by atoms with Crippen molar-refractivity contribution in [1.29, 1.82) is 0 Å². The molecule has 0 saturated carbocycles. The van der Waals surface area contributed by atoms with Crippen molar-refractivity contribution in [3.8, 4) is 0 Å². The molecule has 1 heterocycles. The van der Waals surface area contributed by atoms with Crippen molar-refractivity contribution in [2.45, 2.75) is 26.4 Å². The Morgan fingerprint density at radius 1 is 1.67 bits per heavy atom. The number of hydrogen-bond donors (Lipinski definition) is 2. The minimum Gasteiger partial charge on any atom is -0.376 e. The lowest BCUT2D eigenvalue weighted by Gasteiger charge is -2.15. The molecule has 0 aliphatic heterocycles. The van der Waals surface area contributed by atoms with Gasteiger partial charge in [-0.3, -0.25) is 4.68 Å². The van der Waals surface area contributed by atoms with E-state index in [9.17, 15) is 0 Å². The zero-order valence-corrected chi connectivity index (χ0v) is 11.4. The third-order valence-electron chi connectivity index (χ3n) is 2.60. The zero-order chi connectivity index (χ0) is 13.4. The Hall–Kier alpha value is -1.17. The maximum atomic E-state index is 5.76. The molecule has 1 rings (SSSR count). The molecule has 3 N–H and O–H groups in total. The van der Waals surface area contributed by atoms with E-state index in [1.165, 1.54) is 0 Å². The van der Waals surface area contributed by atoms with E-state index in [1.54, 1.807) is 0 Å². The van der Waals surface area contributed by atoms with E-state index >= 15 is 0 Å². The first-order chi connectivity index (χ1) is 8.67. The lowest BCUT2D eigenvalue weighted by Crippen LogP contribution is -2.30. The largest absolute Gasteiger partial charge is 0.376 e. The predicted molar refractivity (Wildman–Crippen MR) is 73.3 cm³/mol. The molecule has 0 aliphatic rings. The Labute approximate surface area is 109 Å². The summed E-state index contributed by atoms with van der Waals surface area (Å²) in [5.41, 5.74) is 7.92. The third kappa shape index (κ3) is 5.00. The summed E-state index contributed by atoms with van der Waals surface area (Å²) in [4.78, 5) is 0. The van der Waals surface area contributed by atoms with Gasteiger partial charge in [-0.2, -0.15) is 5.10 Å². The topological polar surface area (TPSA) is 65.1 Å². The smallest absolute Gasteiger partial charge is 0.0672 e. The molecular formula is C13H24N4O. The summed E-state index contributed by atoms with van der Waals surface area (Å²) in [6.45, 7) is 11.3. The Balaban J connectivity index is 2.31. The molecule has 0 aliphatic carbocycles. The number of aromatic nitrogens is 2. The molecule has 5 nitrogen and oxygen atoms in total. The van der Waals surface area contributed by atoms with Gasteiger partial charge in [-0.1, -0.05) is 12.2 Å². The van der Waals surface area contributed by atoms with Crippen molar-refractivity contribution in [2.75, 3.05) is 26.3 Å². The molecule has 0 fully saturated rings. The van der Waals surface area contributed by atoms with Crippen molar-refractivity contribution in [3.63, 3.8) is 0 Å². The van der Waals surface area contributed by atoms with Gasteiger partial charge in [-0.05, 0) is 13.8 Å². The van der Waals surface area contributed by atoms with Crippen molar-refractivity contribution in [2.24, 2.45) is 5.73 Å². The molecule has 5 heteroatoms. The third-order valence-corrected chi connectivity index (χ3v) is 2.60. The van der Waals surface area contributed by atoms with E-state index in [2.05, 4.69) is 23.9 Å². The fourth-order valence-corrected chi connectivity index (χ4v) is 1.62. The lowest BCUT2D eigenvalue weighted by molar-refractivity contribution is 0.155. The van der Waals surface area contributed by atoms with Gasteiger partial charge in [0.15, 0.2) is 0 Å². The van der Waals surface area contributed by atoms with Crippen LogP contribution in [-0.2, 0) is 11.3 Å². The Kier molecular flexibility index (Phi) is 6.64. The Bertz CT molecular complexity index is 362. The van der Waals surface area contributed by atoms with Crippen LogP contribution in [0.5, 0.6) is 0 Å². The highest BCUT2D eigenvalue weighted by atomic mass is 16.5. The molecule has 1 aromatic rings. The second-order valence-corrected chi connectivity index (χ2v) is 4.38. The fraction of sp³-hybridized carbons (Fsp3) is 0.615. The summed E-state index contributed by atoms with van der Waals surface area (Å²) in [5, 5.41) is 7.61. The molecule has 18 heavy (non-hydrogen) atoms. The van der Waals surface area contributed by atoms with E-state index in [1.807, 2.05) is 24.0 Å². The summed E-state index contributed by atoms with van der Waals surface area (Å²) >= 11 is 0. The maximum absolute atomic E-state index is 5.76. The lowest BCUT2D eigenvalue weighted by atomic mass is 10.1. The molecule has 0 bridgehead atoms. The molecule has 1 atom stereocenters. The highest BCUT2D eigenvalue weighted by molar-refractivity contribution is 5.10. The second kappa shape index (κ2) is 8.02. The van der Waals surface area contributed by atoms with Gasteiger partial charge in [-0.15, -0.1) is 0 Å². The summed E-state index contributed by atoms with van der Waals surface area (Å²) < 4.78 is 7.33. The van der Waals surface area contributed by atoms with Crippen LogP contribution < -0.4 is 11.1 Å². The fourth-order valence-electron chi connectivity index (χ4n) is 1.62. The number of nitrogens with one attached hydrogen (secondary N) is 1. The van der Waals surface area contributed by atoms with E-state index in [0.717, 1.165) is 24.2 Å². The molecular weight excluding hydrogens is 228 g/mol. The first-order valence-electron chi connectivity index (χ1n) is 6.35. The average molecular weight is 252 g/mol. The van der Waals surface area contributed by atoms with Gasteiger partial charge in [0.1, 0.15) is 0 Å². The van der Waals surface area contributed by atoms with Crippen molar-refractivity contribution < 1.29 is 4.74 Å². The number of nitrogens with two attached hydrogens (primary N) is 1. The molecule has 0 spiro atoms. The van der Waals surface area contributed by atoms with Crippen LogP contribution in [0.2, 0.25) is 0 Å². The molecule has 0 aromatic carbocycles. The highest BCUT2D eigenvalue weighted by Crippen LogP contribution is 2.09. The van der Waals surface area contributed by atoms with Crippen LogP contribution >= 0.6 is 0 Å². The van der Waals surface area contributed by atoms with Crippen LogP contribution in [0.3, 0.4) is 0 Å². The van der Waals surface area contributed by atoms with Gasteiger partial charge in [0, 0.05) is 37.4 Å². The number of ether oxygens (including phenoxy) is 1. The minimum absolute atomic E-state index is 0.138. The standard InChI is InChI=1S/C13H24N4O/c1-4-17-9-12(8-16-17)13(7-14)15-5-6-18-10-11(2)3/h8-9,13,15H,2,4-7,10,14H2,1,3H3. The minimum atomic E-state index is 0.138. The Morgan fingerprint density at radius 2 is 2.44 bits per heavy atom. The number of nitrogens with zero attached hydrogens (tertiary/aromatic N) is 2. The first kappa shape index (κ1) is 14.9.